The summed E-state index contributed by atoms with van der Waals surface area (Å²) in [6, 6.07) is 2.72. The van der Waals surface area contributed by atoms with Crippen LogP contribution < -0.4 is 9.47 Å². The number of carbonyl (C=O) groups excluding carboxylic acids is 1. The molecule has 27 heavy (non-hydrogen) atoms. The predicted molar refractivity (Wildman–Crippen MR) is 99.4 cm³/mol. The fraction of sp³-hybridized carbons (Fsp3) is 0.524. The topological polar surface area (TPSA) is 57.1 Å². The SMILES string of the molecule is COc1cc(F)c(/C=C2/N=C3C[C@@H]4C[C@@H](C4(C)C)[C@]3(C)OC2=O)cc1OC. The minimum absolute atomic E-state index is 0.118. The van der Waals surface area contributed by atoms with E-state index in [4.69, 9.17) is 14.2 Å². The molecule has 3 atom stereocenters. The molecule has 0 aromatic heterocycles. The number of carbonyl (C=O) groups is 1. The van der Waals surface area contributed by atoms with Crippen molar-refractivity contribution in [3.8, 4) is 11.5 Å². The largest absolute Gasteiger partial charge is 0.493 e. The van der Waals surface area contributed by atoms with Gasteiger partial charge >= 0.3 is 5.97 Å². The van der Waals surface area contributed by atoms with Crippen molar-refractivity contribution in [2.24, 2.45) is 22.2 Å². The second-order valence-corrected chi connectivity index (χ2v) is 8.32. The molecular formula is C21H24FNO4. The second-order valence-electron chi connectivity index (χ2n) is 8.32. The van der Waals surface area contributed by atoms with Crippen molar-refractivity contribution in [3.63, 3.8) is 0 Å². The molecule has 1 heterocycles. The Labute approximate surface area is 158 Å². The molecule has 0 N–H and O–H groups in total. The lowest BCUT2D eigenvalue weighted by molar-refractivity contribution is -0.181. The van der Waals surface area contributed by atoms with Gasteiger partial charge in [0.15, 0.2) is 17.1 Å². The average Bonchev–Trinajstić information content (AvgIpc) is 2.62. The van der Waals surface area contributed by atoms with Gasteiger partial charge in [0.25, 0.3) is 0 Å². The van der Waals surface area contributed by atoms with Crippen LogP contribution in [-0.4, -0.2) is 31.5 Å². The summed E-state index contributed by atoms with van der Waals surface area (Å²) in [4.78, 5) is 17.2. The van der Waals surface area contributed by atoms with E-state index in [1.165, 1.54) is 32.4 Å². The minimum atomic E-state index is -0.664. The standard InChI is InChI=1S/C21H24FNO4/c1-20(2)12-8-17(20)21(3)18(9-12)23-14(19(24)27-21)6-11-7-15(25-4)16(26-5)10-13(11)22/h6-7,10,12,17H,8-9H2,1-5H3/b14-6+/t12-,17-,21-/m0/s1. The Bertz CT molecular complexity index is 888. The van der Waals surface area contributed by atoms with E-state index in [1.54, 1.807) is 0 Å². The van der Waals surface area contributed by atoms with Gasteiger partial charge in [-0.15, -0.1) is 0 Å². The van der Waals surface area contributed by atoms with Crippen LogP contribution in [0.1, 0.15) is 39.2 Å². The van der Waals surface area contributed by atoms with Gasteiger partial charge in [-0.3, -0.25) is 0 Å². The third-order valence-corrected chi connectivity index (χ3v) is 6.71. The molecule has 0 unspecified atom stereocenters. The molecule has 1 aromatic carbocycles. The molecule has 1 aromatic rings. The van der Waals surface area contributed by atoms with Gasteiger partial charge in [0, 0.05) is 17.5 Å². The van der Waals surface area contributed by atoms with E-state index in [9.17, 15) is 9.18 Å². The fourth-order valence-electron chi connectivity index (χ4n) is 4.88. The maximum Gasteiger partial charge on any atom is 0.357 e. The molecule has 144 valence electrons. The first-order valence-corrected chi connectivity index (χ1v) is 9.15. The van der Waals surface area contributed by atoms with Crippen LogP contribution in [0.4, 0.5) is 4.39 Å². The van der Waals surface area contributed by atoms with Gasteiger partial charge in [0.1, 0.15) is 11.5 Å². The summed E-state index contributed by atoms with van der Waals surface area (Å²) in [6.45, 7) is 6.41. The van der Waals surface area contributed by atoms with E-state index in [2.05, 4.69) is 18.8 Å². The molecule has 5 rings (SSSR count). The molecule has 0 saturated heterocycles. The van der Waals surface area contributed by atoms with Gasteiger partial charge < -0.3 is 14.2 Å². The number of benzene rings is 1. The summed E-state index contributed by atoms with van der Waals surface area (Å²) < 4.78 is 30.6. The molecule has 4 aliphatic rings. The maximum absolute atomic E-state index is 14.4. The molecule has 3 aliphatic carbocycles. The fourth-order valence-corrected chi connectivity index (χ4v) is 4.88. The van der Waals surface area contributed by atoms with Crippen LogP contribution in [0.5, 0.6) is 11.5 Å². The van der Waals surface area contributed by atoms with E-state index in [0.717, 1.165) is 18.6 Å². The normalized spacial score (nSPS) is 32.1. The van der Waals surface area contributed by atoms with Gasteiger partial charge in [-0.2, -0.15) is 0 Å². The number of halogens is 1. The maximum atomic E-state index is 14.4. The molecule has 0 radical (unpaired) electrons. The molecule has 0 amide bonds. The van der Waals surface area contributed by atoms with Crippen molar-refractivity contribution in [1.82, 2.24) is 0 Å². The Morgan fingerprint density at radius 1 is 1.22 bits per heavy atom. The number of rotatable bonds is 3. The zero-order chi connectivity index (χ0) is 19.6. The van der Waals surface area contributed by atoms with Gasteiger partial charge in [0.05, 0.1) is 19.9 Å². The molecular weight excluding hydrogens is 349 g/mol. The predicted octanol–water partition coefficient (Wildman–Crippen LogP) is 4.01. The first-order valence-electron chi connectivity index (χ1n) is 9.15. The molecule has 0 spiro atoms. The Morgan fingerprint density at radius 2 is 1.89 bits per heavy atom. The Kier molecular flexibility index (Phi) is 3.88. The lowest BCUT2D eigenvalue weighted by atomic mass is 9.43. The highest BCUT2D eigenvalue weighted by atomic mass is 19.1. The van der Waals surface area contributed by atoms with Crippen LogP contribution in [-0.2, 0) is 9.53 Å². The van der Waals surface area contributed by atoms with Crippen LogP contribution >= 0.6 is 0 Å². The van der Waals surface area contributed by atoms with Crippen LogP contribution in [0.15, 0.2) is 22.8 Å². The van der Waals surface area contributed by atoms with Gasteiger partial charge in [-0.1, -0.05) is 13.8 Å². The zero-order valence-corrected chi connectivity index (χ0v) is 16.3. The van der Waals surface area contributed by atoms with E-state index in [0.29, 0.717) is 11.7 Å². The lowest BCUT2D eigenvalue weighted by Crippen LogP contribution is -2.67. The number of methoxy groups -OCH3 is 2. The van der Waals surface area contributed by atoms with Crippen LogP contribution in [0, 0.1) is 23.1 Å². The van der Waals surface area contributed by atoms with Crippen molar-refractivity contribution in [2.45, 2.75) is 39.2 Å². The minimum Gasteiger partial charge on any atom is -0.493 e. The van der Waals surface area contributed by atoms with Gasteiger partial charge in [-0.25, -0.2) is 14.2 Å². The molecule has 6 heteroatoms. The third-order valence-electron chi connectivity index (χ3n) is 6.71. The number of nitrogens with zero attached hydrogens (tertiary/aromatic N) is 1. The summed E-state index contributed by atoms with van der Waals surface area (Å²) in [7, 11) is 2.92. The summed E-state index contributed by atoms with van der Waals surface area (Å²) in [6.07, 6.45) is 3.27. The Balaban J connectivity index is 1.74. The summed E-state index contributed by atoms with van der Waals surface area (Å²) in [5.41, 5.74) is 0.685. The summed E-state index contributed by atoms with van der Waals surface area (Å²) >= 11 is 0. The van der Waals surface area contributed by atoms with E-state index in [1.807, 2.05) is 6.92 Å². The summed E-state index contributed by atoms with van der Waals surface area (Å²) in [5.74, 6) is 0.451. The Morgan fingerprint density at radius 3 is 2.52 bits per heavy atom. The number of ether oxygens (including phenoxy) is 3. The van der Waals surface area contributed by atoms with Crippen LogP contribution in [0.3, 0.4) is 0 Å². The highest BCUT2D eigenvalue weighted by molar-refractivity contribution is 6.06. The Hall–Kier alpha value is -2.37. The zero-order valence-electron chi connectivity index (χ0n) is 16.3. The number of hydrogen-bond donors (Lipinski definition) is 0. The van der Waals surface area contributed by atoms with Crippen molar-refractivity contribution < 1.29 is 23.4 Å². The average molecular weight is 373 g/mol. The molecule has 2 bridgehead atoms. The van der Waals surface area contributed by atoms with Crippen molar-refractivity contribution in [1.29, 1.82) is 0 Å². The number of hydrogen-bond acceptors (Lipinski definition) is 5. The smallest absolute Gasteiger partial charge is 0.357 e. The molecule has 5 nitrogen and oxygen atoms in total. The van der Waals surface area contributed by atoms with Crippen molar-refractivity contribution >= 4 is 17.8 Å². The summed E-state index contributed by atoms with van der Waals surface area (Å²) in [5, 5.41) is 0. The van der Waals surface area contributed by atoms with Crippen LogP contribution in [0.2, 0.25) is 0 Å². The molecule has 1 aliphatic heterocycles. The number of esters is 1. The van der Waals surface area contributed by atoms with Crippen molar-refractivity contribution in [3.05, 3.63) is 29.2 Å². The van der Waals surface area contributed by atoms with Gasteiger partial charge in [0.2, 0.25) is 0 Å². The van der Waals surface area contributed by atoms with Crippen LogP contribution in [0.25, 0.3) is 6.08 Å². The van der Waals surface area contributed by atoms with Gasteiger partial charge in [-0.05, 0) is 43.2 Å². The highest BCUT2D eigenvalue weighted by Gasteiger charge is 2.65. The lowest BCUT2D eigenvalue weighted by Gasteiger charge is -2.64. The quantitative estimate of drug-likeness (QED) is 0.593. The van der Waals surface area contributed by atoms with E-state index >= 15 is 0 Å². The first kappa shape index (κ1) is 18.0. The monoisotopic (exact) mass is 373 g/mol. The second kappa shape index (κ2) is 5.81. The highest BCUT2D eigenvalue weighted by Crippen LogP contribution is 2.63. The molecule has 3 saturated carbocycles. The van der Waals surface area contributed by atoms with Crippen molar-refractivity contribution in [2.75, 3.05) is 14.2 Å². The first-order chi connectivity index (χ1) is 12.7. The van der Waals surface area contributed by atoms with E-state index in [-0.39, 0.29) is 28.3 Å². The third kappa shape index (κ3) is 2.49. The van der Waals surface area contributed by atoms with E-state index < -0.39 is 17.4 Å². The number of aliphatic imine (C=N–C) groups is 1. The molecule has 3 fully saturated rings.